The van der Waals surface area contributed by atoms with Gasteiger partial charge in [0.2, 0.25) is 0 Å². The van der Waals surface area contributed by atoms with E-state index in [1.807, 2.05) is 67.6 Å². The zero-order chi connectivity index (χ0) is 13.7. The van der Waals surface area contributed by atoms with Gasteiger partial charge in [-0.2, -0.15) is 0 Å². The summed E-state index contributed by atoms with van der Waals surface area (Å²) < 4.78 is 12.6. The van der Waals surface area contributed by atoms with E-state index in [-0.39, 0.29) is 11.3 Å². The van der Waals surface area contributed by atoms with Gasteiger partial charge in [0, 0.05) is 22.6 Å². The lowest BCUT2D eigenvalue weighted by Gasteiger charge is -2.20. The highest BCUT2D eigenvalue weighted by Crippen LogP contribution is 2.24. The fourth-order valence-electron chi connectivity index (χ4n) is 2.17. The number of rotatable bonds is 5. The molecule has 2 rings (SSSR count). The van der Waals surface area contributed by atoms with E-state index in [1.165, 1.54) is 0 Å². The van der Waals surface area contributed by atoms with Crippen LogP contribution in [0.5, 0.6) is 0 Å². The SMILES string of the molecule is C[C@H](N)[C@@H](c1ccccc1)S(=O)Cc1ccccc1. The molecule has 2 nitrogen and oxygen atoms in total. The van der Waals surface area contributed by atoms with Gasteiger partial charge in [-0.3, -0.25) is 4.21 Å². The molecule has 0 fully saturated rings. The normalized spacial score (nSPS) is 15.7. The first kappa shape index (κ1) is 14.0. The Labute approximate surface area is 117 Å². The first-order valence-corrected chi connectivity index (χ1v) is 7.78. The van der Waals surface area contributed by atoms with E-state index in [1.54, 1.807) is 0 Å². The first-order chi connectivity index (χ1) is 9.18. The van der Waals surface area contributed by atoms with E-state index in [0.717, 1.165) is 11.1 Å². The fourth-order valence-corrected chi connectivity index (χ4v) is 3.81. The molecule has 0 aromatic heterocycles. The monoisotopic (exact) mass is 273 g/mol. The minimum Gasteiger partial charge on any atom is -0.327 e. The molecule has 0 amide bonds. The van der Waals surface area contributed by atoms with Gasteiger partial charge in [-0.25, -0.2) is 0 Å². The van der Waals surface area contributed by atoms with E-state index in [9.17, 15) is 4.21 Å². The van der Waals surface area contributed by atoms with Crippen molar-refractivity contribution in [2.75, 3.05) is 0 Å². The van der Waals surface area contributed by atoms with Gasteiger partial charge in [0.25, 0.3) is 0 Å². The molecule has 0 aliphatic rings. The summed E-state index contributed by atoms with van der Waals surface area (Å²) in [5, 5.41) is -0.124. The molecule has 1 unspecified atom stereocenters. The topological polar surface area (TPSA) is 43.1 Å². The molecule has 0 saturated carbocycles. The van der Waals surface area contributed by atoms with Gasteiger partial charge in [0.05, 0.1) is 5.25 Å². The number of nitrogens with two attached hydrogens (primary N) is 1. The molecule has 2 aromatic carbocycles. The molecule has 0 bridgehead atoms. The molecule has 2 N–H and O–H groups in total. The van der Waals surface area contributed by atoms with E-state index < -0.39 is 10.8 Å². The van der Waals surface area contributed by atoms with E-state index in [4.69, 9.17) is 5.73 Å². The second-order valence-electron chi connectivity index (χ2n) is 4.70. The number of hydrogen-bond acceptors (Lipinski definition) is 2. The third-order valence-corrected chi connectivity index (χ3v) is 4.93. The lowest BCUT2D eigenvalue weighted by atomic mass is 10.1. The Morgan fingerprint density at radius 3 is 2.05 bits per heavy atom. The average molecular weight is 273 g/mol. The van der Waals surface area contributed by atoms with Gasteiger partial charge in [0.15, 0.2) is 0 Å². The van der Waals surface area contributed by atoms with Crippen molar-refractivity contribution in [2.45, 2.75) is 24.0 Å². The Bertz CT molecular complexity index is 525. The maximum Gasteiger partial charge on any atom is 0.0748 e. The molecular weight excluding hydrogens is 254 g/mol. The lowest BCUT2D eigenvalue weighted by molar-refractivity contribution is 0.644. The summed E-state index contributed by atoms with van der Waals surface area (Å²) in [4.78, 5) is 0. The van der Waals surface area contributed by atoms with Crippen LogP contribution in [-0.4, -0.2) is 10.3 Å². The van der Waals surface area contributed by atoms with E-state index in [0.29, 0.717) is 5.75 Å². The fraction of sp³-hybridized carbons (Fsp3) is 0.250. The maximum absolute atomic E-state index is 12.6. The first-order valence-electron chi connectivity index (χ1n) is 6.40. The average Bonchev–Trinajstić information content (AvgIpc) is 2.40. The van der Waals surface area contributed by atoms with Crippen LogP contribution < -0.4 is 5.73 Å². The Kier molecular flexibility index (Phi) is 4.88. The Hall–Kier alpha value is -1.45. The van der Waals surface area contributed by atoms with Crippen LogP contribution in [0.4, 0.5) is 0 Å². The van der Waals surface area contributed by atoms with Crippen LogP contribution >= 0.6 is 0 Å². The second kappa shape index (κ2) is 6.64. The summed E-state index contributed by atoms with van der Waals surface area (Å²) in [6.45, 7) is 1.92. The highest BCUT2D eigenvalue weighted by atomic mass is 32.2. The van der Waals surface area contributed by atoms with Crippen LogP contribution in [0.15, 0.2) is 60.7 Å². The molecule has 0 heterocycles. The molecular formula is C16H19NOS. The van der Waals surface area contributed by atoms with Crippen LogP contribution in [0.25, 0.3) is 0 Å². The van der Waals surface area contributed by atoms with E-state index >= 15 is 0 Å². The predicted octanol–water partition coefficient (Wildman–Crippen LogP) is 3.02. The highest BCUT2D eigenvalue weighted by molar-refractivity contribution is 7.84. The standard InChI is InChI=1S/C16H19NOS/c1-13(17)16(15-10-6-3-7-11-15)19(18)12-14-8-4-2-5-9-14/h2-11,13,16H,12,17H2,1H3/t13-,16-,19?/m0/s1. The molecule has 3 atom stereocenters. The Morgan fingerprint density at radius 1 is 1.00 bits per heavy atom. The molecule has 3 heteroatoms. The maximum atomic E-state index is 12.6. The molecule has 0 saturated heterocycles. The molecule has 0 spiro atoms. The largest absolute Gasteiger partial charge is 0.327 e. The summed E-state index contributed by atoms with van der Waals surface area (Å²) in [6.07, 6.45) is 0. The van der Waals surface area contributed by atoms with Crippen LogP contribution in [-0.2, 0) is 16.6 Å². The molecule has 100 valence electrons. The lowest BCUT2D eigenvalue weighted by Crippen LogP contribution is -2.28. The van der Waals surface area contributed by atoms with Gasteiger partial charge in [-0.1, -0.05) is 60.7 Å². The third-order valence-electron chi connectivity index (χ3n) is 3.04. The predicted molar refractivity (Wildman–Crippen MR) is 81.1 cm³/mol. The van der Waals surface area contributed by atoms with Crippen molar-refractivity contribution < 1.29 is 4.21 Å². The van der Waals surface area contributed by atoms with Gasteiger partial charge in [-0.05, 0) is 18.1 Å². The van der Waals surface area contributed by atoms with Crippen molar-refractivity contribution in [3.8, 4) is 0 Å². The third kappa shape index (κ3) is 3.75. The summed E-state index contributed by atoms with van der Waals surface area (Å²) in [7, 11) is -1.01. The van der Waals surface area contributed by atoms with Gasteiger partial charge < -0.3 is 5.73 Å². The van der Waals surface area contributed by atoms with Crippen LogP contribution in [0, 0.1) is 0 Å². The summed E-state index contributed by atoms with van der Waals surface area (Å²) >= 11 is 0. The minimum absolute atomic E-state index is 0.124. The number of hydrogen-bond donors (Lipinski definition) is 1. The van der Waals surface area contributed by atoms with E-state index in [2.05, 4.69) is 0 Å². The Balaban J connectivity index is 2.19. The summed E-state index contributed by atoms with van der Waals surface area (Å²) in [5.74, 6) is 0.544. The van der Waals surface area contributed by atoms with Crippen molar-refractivity contribution in [3.05, 3.63) is 71.8 Å². The molecule has 0 aliphatic carbocycles. The van der Waals surface area contributed by atoms with Crippen molar-refractivity contribution in [3.63, 3.8) is 0 Å². The molecule has 0 radical (unpaired) electrons. The van der Waals surface area contributed by atoms with Gasteiger partial charge in [0.1, 0.15) is 0 Å². The van der Waals surface area contributed by atoms with Crippen molar-refractivity contribution >= 4 is 10.8 Å². The van der Waals surface area contributed by atoms with Crippen LogP contribution in [0.3, 0.4) is 0 Å². The van der Waals surface area contributed by atoms with Gasteiger partial charge >= 0.3 is 0 Å². The second-order valence-corrected chi connectivity index (χ2v) is 6.26. The highest BCUT2D eigenvalue weighted by Gasteiger charge is 2.22. The van der Waals surface area contributed by atoms with Crippen molar-refractivity contribution in [1.29, 1.82) is 0 Å². The van der Waals surface area contributed by atoms with Crippen molar-refractivity contribution in [2.24, 2.45) is 5.73 Å². The zero-order valence-electron chi connectivity index (χ0n) is 11.0. The van der Waals surface area contributed by atoms with Gasteiger partial charge in [-0.15, -0.1) is 0 Å². The molecule has 19 heavy (non-hydrogen) atoms. The molecule has 0 aliphatic heterocycles. The van der Waals surface area contributed by atoms with Crippen LogP contribution in [0.2, 0.25) is 0 Å². The Morgan fingerprint density at radius 2 is 1.53 bits per heavy atom. The van der Waals surface area contributed by atoms with Crippen molar-refractivity contribution in [1.82, 2.24) is 0 Å². The number of benzene rings is 2. The smallest absolute Gasteiger partial charge is 0.0748 e. The minimum atomic E-state index is -1.01. The quantitative estimate of drug-likeness (QED) is 0.910. The summed E-state index contributed by atoms with van der Waals surface area (Å²) in [6, 6.07) is 19.7. The van der Waals surface area contributed by atoms with Crippen LogP contribution in [0.1, 0.15) is 23.3 Å². The summed E-state index contributed by atoms with van der Waals surface area (Å²) in [5.41, 5.74) is 8.16. The molecule has 2 aromatic rings. The zero-order valence-corrected chi connectivity index (χ0v) is 11.8.